The van der Waals surface area contributed by atoms with Crippen LogP contribution in [0, 0.1) is 5.82 Å². The molecule has 3 nitrogen and oxygen atoms in total. The van der Waals surface area contributed by atoms with Gasteiger partial charge in [-0.2, -0.15) is 0 Å². The molecule has 0 aromatic heterocycles. The SMILES string of the molecule is Fc1cccc(CNCc2ccc3c(c2)OCCO3)c1. The first-order chi connectivity index (χ1) is 9.81. The molecule has 0 bridgehead atoms. The van der Waals surface area contributed by atoms with Crippen LogP contribution in [0.1, 0.15) is 11.1 Å². The fraction of sp³-hybridized carbons (Fsp3) is 0.250. The second-order valence-corrected chi connectivity index (χ2v) is 4.71. The van der Waals surface area contributed by atoms with E-state index < -0.39 is 0 Å². The second kappa shape index (κ2) is 5.92. The number of nitrogens with one attached hydrogen (secondary N) is 1. The number of halogens is 1. The molecule has 1 N–H and O–H groups in total. The predicted molar refractivity (Wildman–Crippen MR) is 74.4 cm³/mol. The van der Waals surface area contributed by atoms with Gasteiger partial charge in [0.2, 0.25) is 0 Å². The molecule has 0 atom stereocenters. The van der Waals surface area contributed by atoms with Crippen LogP contribution in [0.2, 0.25) is 0 Å². The first-order valence-corrected chi connectivity index (χ1v) is 6.65. The number of fused-ring (bicyclic) bond motifs is 1. The van der Waals surface area contributed by atoms with Crippen molar-refractivity contribution in [2.75, 3.05) is 13.2 Å². The topological polar surface area (TPSA) is 30.5 Å². The van der Waals surface area contributed by atoms with Crippen molar-refractivity contribution in [1.29, 1.82) is 0 Å². The summed E-state index contributed by atoms with van der Waals surface area (Å²) >= 11 is 0. The van der Waals surface area contributed by atoms with Crippen LogP contribution in [0.4, 0.5) is 4.39 Å². The van der Waals surface area contributed by atoms with Crippen LogP contribution >= 0.6 is 0 Å². The molecule has 0 saturated carbocycles. The standard InChI is InChI=1S/C16H16FNO2/c17-14-3-1-2-12(8-14)10-18-11-13-4-5-15-16(9-13)20-7-6-19-15/h1-5,8-9,18H,6-7,10-11H2. The molecule has 0 amide bonds. The highest BCUT2D eigenvalue weighted by Crippen LogP contribution is 2.30. The van der Waals surface area contributed by atoms with Crippen molar-refractivity contribution in [3.63, 3.8) is 0 Å². The zero-order valence-electron chi connectivity index (χ0n) is 11.1. The Morgan fingerprint density at radius 3 is 2.45 bits per heavy atom. The molecule has 2 aromatic rings. The smallest absolute Gasteiger partial charge is 0.161 e. The third kappa shape index (κ3) is 3.08. The lowest BCUT2D eigenvalue weighted by Crippen LogP contribution is -2.16. The lowest BCUT2D eigenvalue weighted by atomic mass is 10.1. The van der Waals surface area contributed by atoms with Gasteiger partial charge in [0.1, 0.15) is 19.0 Å². The van der Waals surface area contributed by atoms with Gasteiger partial charge in [0, 0.05) is 13.1 Å². The molecule has 0 saturated heterocycles. The summed E-state index contributed by atoms with van der Waals surface area (Å²) in [6.07, 6.45) is 0. The molecule has 1 heterocycles. The van der Waals surface area contributed by atoms with Crippen molar-refractivity contribution in [2.24, 2.45) is 0 Å². The summed E-state index contributed by atoms with van der Waals surface area (Å²) < 4.78 is 24.1. The van der Waals surface area contributed by atoms with Gasteiger partial charge in [0.25, 0.3) is 0 Å². The van der Waals surface area contributed by atoms with Gasteiger partial charge in [-0.1, -0.05) is 18.2 Å². The highest BCUT2D eigenvalue weighted by atomic mass is 19.1. The Morgan fingerprint density at radius 2 is 1.65 bits per heavy atom. The fourth-order valence-electron chi connectivity index (χ4n) is 2.20. The number of ether oxygens (including phenoxy) is 2. The molecule has 0 radical (unpaired) electrons. The third-order valence-corrected chi connectivity index (χ3v) is 3.15. The Morgan fingerprint density at radius 1 is 0.900 bits per heavy atom. The van der Waals surface area contributed by atoms with Gasteiger partial charge in [0.05, 0.1) is 0 Å². The molecule has 0 unspecified atom stereocenters. The van der Waals surface area contributed by atoms with Crippen LogP contribution in [0.5, 0.6) is 11.5 Å². The minimum Gasteiger partial charge on any atom is -0.486 e. The maximum atomic E-state index is 13.0. The van der Waals surface area contributed by atoms with E-state index in [1.165, 1.54) is 12.1 Å². The van der Waals surface area contributed by atoms with Gasteiger partial charge < -0.3 is 14.8 Å². The Kier molecular flexibility index (Phi) is 3.83. The van der Waals surface area contributed by atoms with E-state index in [4.69, 9.17) is 9.47 Å². The maximum Gasteiger partial charge on any atom is 0.161 e. The molecule has 0 aliphatic carbocycles. The molecule has 0 fully saturated rings. The van der Waals surface area contributed by atoms with Crippen LogP contribution in [-0.2, 0) is 13.1 Å². The van der Waals surface area contributed by atoms with Gasteiger partial charge in [0.15, 0.2) is 11.5 Å². The summed E-state index contributed by atoms with van der Waals surface area (Å²) in [7, 11) is 0. The highest BCUT2D eigenvalue weighted by Gasteiger charge is 2.11. The first kappa shape index (κ1) is 12.9. The summed E-state index contributed by atoms with van der Waals surface area (Å²) in [6, 6.07) is 12.5. The van der Waals surface area contributed by atoms with Gasteiger partial charge >= 0.3 is 0 Å². The minimum atomic E-state index is -0.205. The lowest BCUT2D eigenvalue weighted by molar-refractivity contribution is 0.171. The van der Waals surface area contributed by atoms with E-state index >= 15 is 0 Å². The molecule has 2 aromatic carbocycles. The monoisotopic (exact) mass is 273 g/mol. The summed E-state index contributed by atoms with van der Waals surface area (Å²) in [5.41, 5.74) is 2.05. The predicted octanol–water partition coefficient (Wildman–Crippen LogP) is 2.89. The Bertz CT molecular complexity index is 601. The zero-order valence-corrected chi connectivity index (χ0v) is 11.1. The van der Waals surface area contributed by atoms with Crippen molar-refractivity contribution in [3.8, 4) is 11.5 Å². The first-order valence-electron chi connectivity index (χ1n) is 6.65. The Labute approximate surface area is 117 Å². The van der Waals surface area contributed by atoms with Crippen molar-refractivity contribution >= 4 is 0 Å². The van der Waals surface area contributed by atoms with E-state index in [0.717, 1.165) is 22.6 Å². The number of benzene rings is 2. The largest absolute Gasteiger partial charge is 0.486 e. The second-order valence-electron chi connectivity index (χ2n) is 4.71. The zero-order chi connectivity index (χ0) is 13.8. The normalized spacial score (nSPS) is 13.2. The minimum absolute atomic E-state index is 0.205. The van der Waals surface area contributed by atoms with Gasteiger partial charge in [-0.15, -0.1) is 0 Å². The summed E-state index contributed by atoms with van der Waals surface area (Å²) in [5, 5.41) is 3.29. The van der Waals surface area contributed by atoms with Crippen molar-refractivity contribution < 1.29 is 13.9 Å². The Hall–Kier alpha value is -2.07. The van der Waals surface area contributed by atoms with E-state index in [-0.39, 0.29) is 5.82 Å². The Balaban J connectivity index is 1.58. The van der Waals surface area contributed by atoms with E-state index in [2.05, 4.69) is 5.32 Å². The molecular weight excluding hydrogens is 257 g/mol. The molecule has 20 heavy (non-hydrogen) atoms. The molecule has 0 spiro atoms. The summed E-state index contributed by atoms with van der Waals surface area (Å²) in [6.45, 7) is 2.52. The van der Waals surface area contributed by atoms with E-state index in [0.29, 0.717) is 26.3 Å². The average Bonchev–Trinajstić information content (AvgIpc) is 2.47. The van der Waals surface area contributed by atoms with Crippen LogP contribution < -0.4 is 14.8 Å². The van der Waals surface area contributed by atoms with Gasteiger partial charge in [-0.25, -0.2) is 4.39 Å². The van der Waals surface area contributed by atoms with E-state index in [1.807, 2.05) is 24.3 Å². The molecule has 3 rings (SSSR count). The van der Waals surface area contributed by atoms with E-state index in [1.54, 1.807) is 6.07 Å². The van der Waals surface area contributed by atoms with Crippen molar-refractivity contribution in [1.82, 2.24) is 5.32 Å². The lowest BCUT2D eigenvalue weighted by Gasteiger charge is -2.19. The van der Waals surface area contributed by atoms with Crippen LogP contribution in [0.25, 0.3) is 0 Å². The molecule has 1 aliphatic heterocycles. The number of hydrogen-bond donors (Lipinski definition) is 1. The van der Waals surface area contributed by atoms with Crippen LogP contribution in [0.15, 0.2) is 42.5 Å². The molecule has 104 valence electrons. The highest BCUT2D eigenvalue weighted by molar-refractivity contribution is 5.43. The van der Waals surface area contributed by atoms with Gasteiger partial charge in [-0.3, -0.25) is 0 Å². The van der Waals surface area contributed by atoms with Crippen LogP contribution in [-0.4, -0.2) is 13.2 Å². The average molecular weight is 273 g/mol. The quantitative estimate of drug-likeness (QED) is 0.929. The third-order valence-electron chi connectivity index (χ3n) is 3.15. The van der Waals surface area contributed by atoms with Crippen molar-refractivity contribution in [3.05, 3.63) is 59.4 Å². The van der Waals surface area contributed by atoms with Gasteiger partial charge in [-0.05, 0) is 35.4 Å². The molecule has 4 heteroatoms. The van der Waals surface area contributed by atoms with E-state index in [9.17, 15) is 4.39 Å². The molecule has 1 aliphatic rings. The summed E-state index contributed by atoms with van der Waals surface area (Å²) in [4.78, 5) is 0. The van der Waals surface area contributed by atoms with Crippen LogP contribution in [0.3, 0.4) is 0 Å². The number of hydrogen-bond acceptors (Lipinski definition) is 3. The summed E-state index contributed by atoms with van der Waals surface area (Å²) in [5.74, 6) is 1.38. The fourth-order valence-corrected chi connectivity index (χ4v) is 2.20. The number of rotatable bonds is 4. The van der Waals surface area contributed by atoms with Crippen molar-refractivity contribution in [2.45, 2.75) is 13.1 Å². The molecular formula is C16H16FNO2. The maximum absolute atomic E-state index is 13.0.